The summed E-state index contributed by atoms with van der Waals surface area (Å²) in [7, 11) is -1.86. The monoisotopic (exact) mass is 376 g/mol. The second-order valence-corrected chi connectivity index (χ2v) is 8.87. The van der Waals surface area contributed by atoms with Crippen molar-refractivity contribution in [3.8, 4) is 0 Å². The first-order valence-electron chi connectivity index (χ1n) is 7.88. The van der Waals surface area contributed by atoms with Crippen molar-refractivity contribution in [2.75, 3.05) is 12.4 Å². The molecule has 2 heterocycles. The summed E-state index contributed by atoms with van der Waals surface area (Å²) in [6.07, 6.45) is 1.54. The molecule has 3 aromatic rings. The highest BCUT2D eigenvalue weighted by Crippen LogP contribution is 2.24. The summed E-state index contributed by atoms with van der Waals surface area (Å²) in [5.41, 5.74) is 0.980. The van der Waals surface area contributed by atoms with Crippen molar-refractivity contribution >= 4 is 37.4 Å². The maximum absolute atomic E-state index is 12.5. The standard InChI is InChI=1S/C17H20N4O2S2/c1-12(2)21(3)25(22,23)14-6-4-13(5-7-14)10-18-16-15-8-9-24-17(15)20-11-19-16/h4-9,11-12H,10H2,1-3H3,(H,18,19,20). The number of aromatic nitrogens is 2. The van der Waals surface area contributed by atoms with Crippen LogP contribution in [0.15, 0.2) is 46.9 Å². The number of fused-ring (bicyclic) bond motifs is 1. The predicted molar refractivity (Wildman–Crippen MR) is 101 cm³/mol. The molecule has 0 saturated heterocycles. The molecule has 0 aliphatic rings. The van der Waals surface area contributed by atoms with Crippen LogP contribution in [0.5, 0.6) is 0 Å². The molecule has 0 amide bonds. The summed E-state index contributed by atoms with van der Waals surface area (Å²) in [4.78, 5) is 9.74. The van der Waals surface area contributed by atoms with Gasteiger partial charge >= 0.3 is 0 Å². The van der Waals surface area contributed by atoms with Gasteiger partial charge in [-0.3, -0.25) is 0 Å². The Kier molecular flexibility index (Phi) is 5.03. The molecule has 0 aliphatic carbocycles. The van der Waals surface area contributed by atoms with E-state index in [1.54, 1.807) is 36.8 Å². The van der Waals surface area contributed by atoms with Crippen LogP contribution >= 0.6 is 11.3 Å². The van der Waals surface area contributed by atoms with E-state index in [1.807, 2.05) is 37.4 Å². The van der Waals surface area contributed by atoms with E-state index in [4.69, 9.17) is 0 Å². The van der Waals surface area contributed by atoms with Gasteiger partial charge in [-0.1, -0.05) is 12.1 Å². The van der Waals surface area contributed by atoms with E-state index in [0.29, 0.717) is 11.4 Å². The Morgan fingerprint density at radius 1 is 1.16 bits per heavy atom. The number of thiophene rings is 1. The maximum Gasteiger partial charge on any atom is 0.243 e. The van der Waals surface area contributed by atoms with Crippen LogP contribution in [0.3, 0.4) is 0 Å². The Morgan fingerprint density at radius 2 is 1.88 bits per heavy atom. The summed E-state index contributed by atoms with van der Waals surface area (Å²) in [5.74, 6) is 0.780. The lowest BCUT2D eigenvalue weighted by Gasteiger charge is -2.21. The third-order valence-electron chi connectivity index (χ3n) is 4.05. The third kappa shape index (κ3) is 3.65. The van der Waals surface area contributed by atoms with E-state index in [2.05, 4.69) is 15.3 Å². The molecule has 2 aromatic heterocycles. The van der Waals surface area contributed by atoms with E-state index in [-0.39, 0.29) is 6.04 Å². The SMILES string of the molecule is CC(C)N(C)S(=O)(=O)c1ccc(CNc2ncnc3sccc23)cc1. The Bertz CT molecular complexity index is 966. The first-order valence-corrected chi connectivity index (χ1v) is 10.2. The highest BCUT2D eigenvalue weighted by Gasteiger charge is 2.22. The first-order chi connectivity index (χ1) is 11.9. The van der Waals surface area contributed by atoms with Crippen molar-refractivity contribution in [2.45, 2.75) is 31.3 Å². The van der Waals surface area contributed by atoms with Gasteiger partial charge in [0.2, 0.25) is 10.0 Å². The van der Waals surface area contributed by atoms with E-state index >= 15 is 0 Å². The number of nitrogens with one attached hydrogen (secondary N) is 1. The summed E-state index contributed by atoms with van der Waals surface area (Å²) >= 11 is 1.57. The quantitative estimate of drug-likeness (QED) is 0.714. The van der Waals surface area contributed by atoms with Gasteiger partial charge in [0, 0.05) is 19.6 Å². The molecule has 0 atom stereocenters. The van der Waals surface area contributed by atoms with Gasteiger partial charge in [-0.25, -0.2) is 18.4 Å². The molecule has 132 valence electrons. The van der Waals surface area contributed by atoms with Gasteiger partial charge < -0.3 is 5.32 Å². The fraction of sp³-hybridized carbons (Fsp3) is 0.294. The summed E-state index contributed by atoms with van der Waals surface area (Å²) < 4.78 is 26.3. The molecule has 6 nitrogen and oxygen atoms in total. The number of anilines is 1. The lowest BCUT2D eigenvalue weighted by atomic mass is 10.2. The van der Waals surface area contributed by atoms with Crippen LogP contribution in [0.2, 0.25) is 0 Å². The average Bonchev–Trinajstić information content (AvgIpc) is 3.08. The molecule has 0 bridgehead atoms. The van der Waals surface area contributed by atoms with Crippen molar-refractivity contribution < 1.29 is 8.42 Å². The fourth-order valence-corrected chi connectivity index (χ4v) is 4.44. The molecular weight excluding hydrogens is 356 g/mol. The van der Waals surface area contributed by atoms with Crippen LogP contribution in [0.25, 0.3) is 10.2 Å². The molecule has 0 saturated carbocycles. The topological polar surface area (TPSA) is 75.2 Å². The van der Waals surface area contributed by atoms with Crippen molar-refractivity contribution in [1.29, 1.82) is 0 Å². The van der Waals surface area contributed by atoms with Crippen molar-refractivity contribution in [2.24, 2.45) is 0 Å². The molecule has 1 N–H and O–H groups in total. The Labute approximate surface area is 151 Å². The molecule has 3 rings (SSSR count). The van der Waals surface area contributed by atoms with E-state index in [0.717, 1.165) is 21.6 Å². The van der Waals surface area contributed by atoms with Gasteiger partial charge in [0.1, 0.15) is 17.0 Å². The minimum atomic E-state index is -3.45. The highest BCUT2D eigenvalue weighted by atomic mass is 32.2. The van der Waals surface area contributed by atoms with E-state index in [9.17, 15) is 8.42 Å². The number of hydrogen-bond donors (Lipinski definition) is 1. The van der Waals surface area contributed by atoms with Crippen LogP contribution in [-0.2, 0) is 16.6 Å². The highest BCUT2D eigenvalue weighted by molar-refractivity contribution is 7.89. The number of rotatable bonds is 6. The van der Waals surface area contributed by atoms with Crippen LogP contribution < -0.4 is 5.32 Å². The minimum absolute atomic E-state index is 0.0860. The normalized spacial score (nSPS) is 12.2. The lowest BCUT2D eigenvalue weighted by molar-refractivity contribution is 0.410. The molecule has 0 fully saturated rings. The Morgan fingerprint density at radius 3 is 2.56 bits per heavy atom. The molecule has 0 aliphatic heterocycles. The maximum atomic E-state index is 12.5. The van der Waals surface area contributed by atoms with Crippen molar-refractivity contribution in [3.05, 3.63) is 47.6 Å². The third-order valence-corrected chi connectivity index (χ3v) is 6.92. The zero-order valence-electron chi connectivity index (χ0n) is 14.3. The van der Waals surface area contributed by atoms with E-state index in [1.165, 1.54) is 4.31 Å². The summed E-state index contributed by atoms with van der Waals surface area (Å²) in [5, 5.41) is 6.26. The van der Waals surface area contributed by atoms with Crippen molar-refractivity contribution in [3.63, 3.8) is 0 Å². The predicted octanol–water partition coefficient (Wildman–Crippen LogP) is 3.33. The Hall–Kier alpha value is -2.03. The number of sulfonamides is 1. The molecule has 0 spiro atoms. The minimum Gasteiger partial charge on any atom is -0.365 e. The van der Waals surface area contributed by atoms with Gasteiger partial charge in [-0.05, 0) is 43.0 Å². The fourth-order valence-electron chi connectivity index (χ4n) is 2.34. The van der Waals surface area contributed by atoms with Crippen LogP contribution in [0, 0.1) is 0 Å². The second-order valence-electron chi connectivity index (χ2n) is 5.97. The molecule has 0 unspecified atom stereocenters. The van der Waals surface area contributed by atoms with Crippen LogP contribution in [0.4, 0.5) is 5.82 Å². The largest absolute Gasteiger partial charge is 0.365 e. The molecular formula is C17H20N4O2S2. The van der Waals surface area contributed by atoms with Gasteiger partial charge in [0.15, 0.2) is 0 Å². The Balaban J connectivity index is 1.74. The van der Waals surface area contributed by atoms with Crippen LogP contribution in [0.1, 0.15) is 19.4 Å². The van der Waals surface area contributed by atoms with Gasteiger partial charge in [0.25, 0.3) is 0 Å². The van der Waals surface area contributed by atoms with Gasteiger partial charge in [0.05, 0.1) is 10.3 Å². The molecule has 1 aromatic carbocycles. The second kappa shape index (κ2) is 7.07. The van der Waals surface area contributed by atoms with Gasteiger partial charge in [-0.2, -0.15) is 4.31 Å². The molecule has 0 radical (unpaired) electrons. The average molecular weight is 377 g/mol. The van der Waals surface area contributed by atoms with Crippen LogP contribution in [-0.4, -0.2) is 35.8 Å². The van der Waals surface area contributed by atoms with E-state index < -0.39 is 10.0 Å². The molecule has 25 heavy (non-hydrogen) atoms. The summed E-state index contributed by atoms with van der Waals surface area (Å²) in [6, 6.07) is 8.83. The number of benzene rings is 1. The zero-order chi connectivity index (χ0) is 18.0. The summed E-state index contributed by atoms with van der Waals surface area (Å²) in [6.45, 7) is 4.26. The zero-order valence-corrected chi connectivity index (χ0v) is 15.9. The first kappa shape index (κ1) is 17.8. The smallest absolute Gasteiger partial charge is 0.243 e. The lowest BCUT2D eigenvalue weighted by Crippen LogP contribution is -2.33. The molecule has 8 heteroatoms. The van der Waals surface area contributed by atoms with Crippen molar-refractivity contribution in [1.82, 2.24) is 14.3 Å². The number of nitrogens with zero attached hydrogens (tertiary/aromatic N) is 3. The number of hydrogen-bond acceptors (Lipinski definition) is 6. The van der Waals surface area contributed by atoms with Gasteiger partial charge in [-0.15, -0.1) is 11.3 Å².